The SMILES string of the molecule is CCOc1ccc(N)c(SCc2nccn2C)c1. The van der Waals surface area contributed by atoms with Crippen molar-refractivity contribution in [2.24, 2.45) is 7.05 Å². The lowest BCUT2D eigenvalue weighted by molar-refractivity contribution is 0.339. The average Bonchev–Trinajstić information content (AvgIpc) is 2.76. The Morgan fingerprint density at radius 2 is 2.28 bits per heavy atom. The molecule has 0 radical (unpaired) electrons. The third-order valence-corrected chi connectivity index (χ3v) is 3.64. The standard InChI is InChI=1S/C13H17N3OS/c1-3-17-10-4-5-11(14)12(8-10)18-9-13-15-6-7-16(13)2/h4-8H,3,9,14H2,1-2H3. The molecule has 0 saturated heterocycles. The molecule has 5 heteroatoms. The Bertz CT molecular complexity index is 525. The predicted molar refractivity (Wildman–Crippen MR) is 74.8 cm³/mol. The van der Waals surface area contributed by atoms with Crippen molar-refractivity contribution in [1.82, 2.24) is 9.55 Å². The van der Waals surface area contributed by atoms with Gasteiger partial charge in [-0.2, -0.15) is 0 Å². The van der Waals surface area contributed by atoms with E-state index in [4.69, 9.17) is 10.5 Å². The predicted octanol–water partition coefficient (Wildman–Crippen LogP) is 2.69. The van der Waals surface area contributed by atoms with Gasteiger partial charge in [-0.25, -0.2) is 4.98 Å². The van der Waals surface area contributed by atoms with Crippen LogP contribution in [0.1, 0.15) is 12.7 Å². The summed E-state index contributed by atoms with van der Waals surface area (Å²) in [5, 5.41) is 0. The molecule has 0 amide bonds. The smallest absolute Gasteiger partial charge is 0.120 e. The van der Waals surface area contributed by atoms with Crippen molar-refractivity contribution in [2.75, 3.05) is 12.3 Å². The number of aryl methyl sites for hydroxylation is 1. The topological polar surface area (TPSA) is 53.1 Å². The van der Waals surface area contributed by atoms with Crippen LogP contribution in [0.25, 0.3) is 0 Å². The highest BCUT2D eigenvalue weighted by Crippen LogP contribution is 2.31. The van der Waals surface area contributed by atoms with Crippen LogP contribution in [0.4, 0.5) is 5.69 Å². The highest BCUT2D eigenvalue weighted by Gasteiger charge is 2.05. The fourth-order valence-electron chi connectivity index (χ4n) is 1.57. The molecule has 18 heavy (non-hydrogen) atoms. The number of aromatic nitrogens is 2. The second kappa shape index (κ2) is 5.82. The monoisotopic (exact) mass is 263 g/mol. The number of hydrogen-bond donors (Lipinski definition) is 1. The highest BCUT2D eigenvalue weighted by molar-refractivity contribution is 7.98. The number of benzene rings is 1. The largest absolute Gasteiger partial charge is 0.494 e. The maximum atomic E-state index is 5.96. The van der Waals surface area contributed by atoms with Gasteiger partial charge in [0, 0.05) is 30.0 Å². The van der Waals surface area contributed by atoms with Crippen molar-refractivity contribution in [3.05, 3.63) is 36.4 Å². The van der Waals surface area contributed by atoms with Crippen LogP contribution in [0.2, 0.25) is 0 Å². The van der Waals surface area contributed by atoms with E-state index in [1.165, 1.54) is 0 Å². The van der Waals surface area contributed by atoms with E-state index >= 15 is 0 Å². The van der Waals surface area contributed by atoms with E-state index in [2.05, 4.69) is 4.98 Å². The molecule has 0 saturated carbocycles. The number of ether oxygens (including phenoxy) is 1. The number of anilines is 1. The van der Waals surface area contributed by atoms with Gasteiger partial charge in [-0.1, -0.05) is 0 Å². The lowest BCUT2D eigenvalue weighted by atomic mass is 10.3. The van der Waals surface area contributed by atoms with Crippen LogP contribution in [-0.4, -0.2) is 16.2 Å². The Labute approximate surface area is 111 Å². The molecule has 1 heterocycles. The van der Waals surface area contributed by atoms with Gasteiger partial charge in [0.25, 0.3) is 0 Å². The van der Waals surface area contributed by atoms with Gasteiger partial charge < -0.3 is 15.0 Å². The van der Waals surface area contributed by atoms with Gasteiger partial charge in [0.1, 0.15) is 11.6 Å². The first-order valence-electron chi connectivity index (χ1n) is 5.82. The van der Waals surface area contributed by atoms with Crippen LogP contribution in [0, 0.1) is 0 Å². The molecule has 0 fully saturated rings. The summed E-state index contributed by atoms with van der Waals surface area (Å²) in [7, 11) is 1.99. The fraction of sp³-hybridized carbons (Fsp3) is 0.308. The van der Waals surface area contributed by atoms with Crippen molar-refractivity contribution < 1.29 is 4.74 Å². The third kappa shape index (κ3) is 2.98. The minimum atomic E-state index is 0.660. The number of nitrogens with zero attached hydrogens (tertiary/aromatic N) is 2. The van der Waals surface area contributed by atoms with Crippen molar-refractivity contribution >= 4 is 17.4 Å². The minimum Gasteiger partial charge on any atom is -0.494 e. The van der Waals surface area contributed by atoms with Gasteiger partial charge >= 0.3 is 0 Å². The molecule has 1 aromatic carbocycles. The van der Waals surface area contributed by atoms with Crippen molar-refractivity contribution in [3.8, 4) is 5.75 Å². The summed E-state index contributed by atoms with van der Waals surface area (Å²) >= 11 is 1.67. The Kier molecular flexibility index (Phi) is 4.15. The van der Waals surface area contributed by atoms with Crippen LogP contribution in [0.3, 0.4) is 0 Å². The van der Waals surface area contributed by atoms with E-state index in [9.17, 15) is 0 Å². The Balaban J connectivity index is 2.08. The van der Waals surface area contributed by atoms with Crippen molar-refractivity contribution in [2.45, 2.75) is 17.6 Å². The zero-order chi connectivity index (χ0) is 13.0. The molecule has 0 bridgehead atoms. The summed E-state index contributed by atoms with van der Waals surface area (Å²) in [5.41, 5.74) is 6.74. The zero-order valence-electron chi connectivity index (χ0n) is 10.6. The van der Waals surface area contributed by atoms with E-state index in [1.54, 1.807) is 18.0 Å². The molecule has 4 nitrogen and oxygen atoms in total. The van der Waals surface area contributed by atoms with Gasteiger partial charge in [-0.3, -0.25) is 0 Å². The molecule has 0 aliphatic rings. The number of nitrogen functional groups attached to an aromatic ring is 1. The molecule has 0 aliphatic heterocycles. The average molecular weight is 263 g/mol. The van der Waals surface area contributed by atoms with Gasteiger partial charge in [0.2, 0.25) is 0 Å². The molecule has 96 valence electrons. The molecule has 2 N–H and O–H groups in total. The number of thioether (sulfide) groups is 1. The first-order chi connectivity index (χ1) is 8.70. The van der Waals surface area contributed by atoms with Crippen LogP contribution >= 0.6 is 11.8 Å². The molecule has 2 aromatic rings. The Morgan fingerprint density at radius 1 is 1.44 bits per heavy atom. The second-order valence-electron chi connectivity index (χ2n) is 3.88. The minimum absolute atomic E-state index is 0.660. The van der Waals surface area contributed by atoms with Crippen molar-refractivity contribution in [3.63, 3.8) is 0 Å². The van der Waals surface area contributed by atoms with E-state index in [0.29, 0.717) is 6.61 Å². The van der Waals surface area contributed by atoms with Crippen molar-refractivity contribution in [1.29, 1.82) is 0 Å². The van der Waals surface area contributed by atoms with E-state index in [0.717, 1.165) is 27.9 Å². The summed E-state index contributed by atoms with van der Waals surface area (Å²) in [6.45, 7) is 2.63. The molecule has 1 aromatic heterocycles. The maximum Gasteiger partial charge on any atom is 0.120 e. The summed E-state index contributed by atoms with van der Waals surface area (Å²) in [6, 6.07) is 5.75. The summed E-state index contributed by atoms with van der Waals surface area (Å²) in [5.74, 6) is 2.68. The van der Waals surface area contributed by atoms with E-state index in [-0.39, 0.29) is 0 Å². The highest BCUT2D eigenvalue weighted by atomic mass is 32.2. The molecular weight excluding hydrogens is 246 g/mol. The van der Waals surface area contributed by atoms with Gasteiger partial charge in [-0.05, 0) is 25.1 Å². The Hall–Kier alpha value is -1.62. The molecule has 0 atom stereocenters. The number of hydrogen-bond acceptors (Lipinski definition) is 4. The summed E-state index contributed by atoms with van der Waals surface area (Å²) < 4.78 is 7.48. The normalized spacial score (nSPS) is 10.6. The molecule has 0 spiro atoms. The molecule has 0 unspecified atom stereocenters. The number of rotatable bonds is 5. The maximum absolute atomic E-state index is 5.96. The van der Waals surface area contributed by atoms with E-state index in [1.807, 2.05) is 42.9 Å². The zero-order valence-corrected chi connectivity index (χ0v) is 11.4. The number of nitrogens with two attached hydrogens (primary N) is 1. The van der Waals surface area contributed by atoms with Gasteiger partial charge in [0.05, 0.1) is 12.4 Å². The fourth-order valence-corrected chi connectivity index (χ4v) is 2.57. The summed E-state index contributed by atoms with van der Waals surface area (Å²) in [4.78, 5) is 5.32. The van der Waals surface area contributed by atoms with Crippen LogP contribution < -0.4 is 10.5 Å². The summed E-state index contributed by atoms with van der Waals surface area (Å²) in [6.07, 6.45) is 3.74. The lowest BCUT2D eigenvalue weighted by Gasteiger charge is -2.09. The second-order valence-corrected chi connectivity index (χ2v) is 4.89. The first kappa shape index (κ1) is 12.8. The molecular formula is C13H17N3OS. The van der Waals surface area contributed by atoms with Gasteiger partial charge in [0.15, 0.2) is 0 Å². The third-order valence-electron chi connectivity index (χ3n) is 2.57. The van der Waals surface area contributed by atoms with Crippen LogP contribution in [0.15, 0.2) is 35.5 Å². The quantitative estimate of drug-likeness (QED) is 0.665. The van der Waals surface area contributed by atoms with Crippen LogP contribution in [-0.2, 0) is 12.8 Å². The molecule has 2 rings (SSSR count). The first-order valence-corrected chi connectivity index (χ1v) is 6.80. The lowest BCUT2D eigenvalue weighted by Crippen LogP contribution is -1.97. The number of imidazole rings is 1. The van der Waals surface area contributed by atoms with Gasteiger partial charge in [-0.15, -0.1) is 11.8 Å². The molecule has 0 aliphatic carbocycles. The van der Waals surface area contributed by atoms with Crippen LogP contribution in [0.5, 0.6) is 5.75 Å². The van der Waals surface area contributed by atoms with E-state index < -0.39 is 0 Å². The Morgan fingerprint density at radius 3 is 2.94 bits per heavy atom.